The molecule has 7 nitrogen and oxygen atoms in total. The monoisotopic (exact) mass is 425 g/mol. The van der Waals surface area contributed by atoms with Crippen molar-refractivity contribution in [1.29, 1.82) is 0 Å². The number of rotatable bonds is 5. The van der Waals surface area contributed by atoms with Gasteiger partial charge >= 0.3 is 5.69 Å². The van der Waals surface area contributed by atoms with Gasteiger partial charge in [-0.1, -0.05) is 24.3 Å². The van der Waals surface area contributed by atoms with E-state index in [1.54, 1.807) is 16.2 Å². The highest BCUT2D eigenvalue weighted by Gasteiger charge is 2.20. The lowest BCUT2D eigenvalue weighted by atomic mass is 10.1. The first-order chi connectivity index (χ1) is 15.5. The van der Waals surface area contributed by atoms with Crippen molar-refractivity contribution < 1.29 is 4.74 Å². The number of benzene rings is 2. The van der Waals surface area contributed by atoms with Gasteiger partial charge in [0.15, 0.2) is 5.65 Å². The molecule has 3 heterocycles. The Balaban J connectivity index is 1.71. The maximum atomic E-state index is 13.7. The minimum Gasteiger partial charge on any atom is -0.497 e. The molecule has 0 radical (unpaired) electrons. The summed E-state index contributed by atoms with van der Waals surface area (Å²) in [5.41, 5.74) is 6.24. The molecule has 160 valence electrons. The molecule has 0 bridgehead atoms. The van der Waals surface area contributed by atoms with Crippen LogP contribution in [0.5, 0.6) is 5.75 Å². The fourth-order valence-electron chi connectivity index (χ4n) is 4.05. The molecule has 3 aromatic heterocycles. The molecule has 5 aromatic rings. The Hall–Kier alpha value is -4.13. The Labute approximate surface area is 185 Å². The van der Waals surface area contributed by atoms with Crippen molar-refractivity contribution in [3.05, 3.63) is 100 Å². The molecular formula is C25H23N5O2. The van der Waals surface area contributed by atoms with Crippen molar-refractivity contribution in [2.75, 3.05) is 7.11 Å². The quantitative estimate of drug-likeness (QED) is 0.427. The van der Waals surface area contributed by atoms with Gasteiger partial charge in [-0.3, -0.25) is 9.13 Å². The summed E-state index contributed by atoms with van der Waals surface area (Å²) in [5, 5.41) is 4.26. The van der Waals surface area contributed by atoms with E-state index >= 15 is 0 Å². The third kappa shape index (κ3) is 3.37. The highest BCUT2D eigenvalue weighted by molar-refractivity contribution is 5.66. The van der Waals surface area contributed by atoms with Gasteiger partial charge in [-0.15, -0.1) is 0 Å². The molecule has 0 aliphatic rings. The van der Waals surface area contributed by atoms with E-state index in [0.29, 0.717) is 6.54 Å². The second kappa shape index (κ2) is 7.85. The van der Waals surface area contributed by atoms with Crippen LogP contribution >= 0.6 is 0 Å². The molecule has 0 fully saturated rings. The van der Waals surface area contributed by atoms with Crippen molar-refractivity contribution >= 4 is 5.65 Å². The number of fused-ring (bicyclic) bond motifs is 1. The molecule has 0 N–H and O–H groups in total. The minimum atomic E-state index is -0.0856. The summed E-state index contributed by atoms with van der Waals surface area (Å²) in [5.74, 6) is 0.789. The molecule has 0 saturated carbocycles. The number of aryl methyl sites for hydroxylation is 1. The maximum absolute atomic E-state index is 13.7. The van der Waals surface area contributed by atoms with Crippen LogP contribution < -0.4 is 10.4 Å². The number of methoxy groups -OCH3 is 1. The third-order valence-corrected chi connectivity index (χ3v) is 5.70. The predicted molar refractivity (Wildman–Crippen MR) is 124 cm³/mol. The van der Waals surface area contributed by atoms with Gasteiger partial charge in [-0.2, -0.15) is 5.10 Å². The largest absolute Gasteiger partial charge is 0.497 e. The molecule has 32 heavy (non-hydrogen) atoms. The molecule has 0 aliphatic heterocycles. The Kier molecular flexibility index (Phi) is 4.86. The van der Waals surface area contributed by atoms with Crippen molar-refractivity contribution in [3.8, 4) is 22.7 Å². The molecule has 0 atom stereocenters. The van der Waals surface area contributed by atoms with E-state index in [-0.39, 0.29) is 5.69 Å². The highest BCUT2D eigenvalue weighted by Crippen LogP contribution is 2.27. The van der Waals surface area contributed by atoms with E-state index in [1.807, 2.05) is 85.3 Å². The lowest BCUT2D eigenvalue weighted by molar-refractivity contribution is 0.414. The average Bonchev–Trinajstić information content (AvgIpc) is 3.37. The number of aromatic nitrogens is 5. The van der Waals surface area contributed by atoms with Gasteiger partial charge in [-0.05, 0) is 61.4 Å². The van der Waals surface area contributed by atoms with Gasteiger partial charge in [0.1, 0.15) is 12.1 Å². The molecule has 0 unspecified atom stereocenters. The number of hydrogen-bond donors (Lipinski definition) is 0. The Morgan fingerprint density at radius 2 is 1.81 bits per heavy atom. The molecule has 0 spiro atoms. The summed E-state index contributed by atoms with van der Waals surface area (Å²) >= 11 is 0. The van der Waals surface area contributed by atoms with E-state index in [0.717, 1.165) is 45.2 Å². The molecule has 7 heteroatoms. The standard InChI is InChI=1S/C25H23N5O2/c1-17-5-4-6-21(13-17)30-24(20-9-12-23-26-16-27-29(23)15-20)18(2)28(25(30)31)14-19-7-10-22(32-3)11-8-19/h4-13,15-16H,14H2,1-3H3. The third-order valence-electron chi connectivity index (χ3n) is 5.70. The first kappa shape index (κ1) is 19.8. The van der Waals surface area contributed by atoms with Gasteiger partial charge in [0.2, 0.25) is 0 Å². The van der Waals surface area contributed by atoms with Crippen LogP contribution in [0.25, 0.3) is 22.6 Å². The van der Waals surface area contributed by atoms with E-state index < -0.39 is 0 Å². The maximum Gasteiger partial charge on any atom is 0.333 e. The molecule has 2 aromatic carbocycles. The van der Waals surface area contributed by atoms with Crippen LogP contribution in [0.15, 0.2) is 78.0 Å². The zero-order chi connectivity index (χ0) is 22.2. The first-order valence-electron chi connectivity index (χ1n) is 10.4. The molecule has 5 rings (SSSR count). The normalized spacial score (nSPS) is 11.2. The SMILES string of the molecule is COc1ccc(Cn2c(C)c(-c3ccc4ncnn4c3)n(-c3cccc(C)c3)c2=O)cc1. The zero-order valence-corrected chi connectivity index (χ0v) is 18.2. The topological polar surface area (TPSA) is 66.3 Å². The Morgan fingerprint density at radius 3 is 2.56 bits per heavy atom. The first-order valence-corrected chi connectivity index (χ1v) is 10.4. The van der Waals surface area contributed by atoms with Gasteiger partial charge in [0.25, 0.3) is 0 Å². The van der Waals surface area contributed by atoms with Gasteiger partial charge in [-0.25, -0.2) is 14.3 Å². The zero-order valence-electron chi connectivity index (χ0n) is 18.2. The summed E-state index contributed by atoms with van der Waals surface area (Å²) in [6.07, 6.45) is 3.43. The van der Waals surface area contributed by atoms with Crippen LogP contribution in [0, 0.1) is 13.8 Å². The van der Waals surface area contributed by atoms with Crippen molar-refractivity contribution in [2.45, 2.75) is 20.4 Å². The summed E-state index contributed by atoms with van der Waals surface area (Å²) in [7, 11) is 1.64. The van der Waals surface area contributed by atoms with Crippen molar-refractivity contribution in [3.63, 3.8) is 0 Å². The molecule has 0 amide bonds. The van der Waals surface area contributed by atoms with Crippen LogP contribution in [-0.4, -0.2) is 30.8 Å². The summed E-state index contributed by atoms with van der Waals surface area (Å²) < 4.78 is 10.6. The van der Waals surface area contributed by atoms with Gasteiger partial charge in [0, 0.05) is 17.5 Å². The van der Waals surface area contributed by atoms with Crippen LogP contribution in [0.4, 0.5) is 0 Å². The Bertz CT molecular complexity index is 1470. The smallest absolute Gasteiger partial charge is 0.333 e. The average molecular weight is 425 g/mol. The van der Waals surface area contributed by atoms with Crippen LogP contribution in [0.3, 0.4) is 0 Å². The summed E-state index contributed by atoms with van der Waals surface area (Å²) in [6.45, 7) is 4.47. The Morgan fingerprint density at radius 1 is 1.00 bits per heavy atom. The molecule has 0 aliphatic carbocycles. The van der Waals surface area contributed by atoms with Crippen LogP contribution in [0.2, 0.25) is 0 Å². The number of pyridine rings is 1. The number of ether oxygens (including phenoxy) is 1. The predicted octanol–water partition coefficient (Wildman–Crippen LogP) is 4.02. The lowest BCUT2D eigenvalue weighted by Gasteiger charge is -2.10. The van der Waals surface area contributed by atoms with E-state index in [9.17, 15) is 4.79 Å². The fourth-order valence-corrected chi connectivity index (χ4v) is 4.05. The summed E-state index contributed by atoms with van der Waals surface area (Å²) in [6, 6.07) is 19.7. The van der Waals surface area contributed by atoms with Gasteiger partial charge < -0.3 is 4.74 Å². The fraction of sp³-hybridized carbons (Fsp3) is 0.160. The number of imidazole rings is 1. The van der Waals surface area contributed by atoms with Crippen molar-refractivity contribution in [1.82, 2.24) is 23.7 Å². The minimum absolute atomic E-state index is 0.0856. The van der Waals surface area contributed by atoms with Gasteiger partial charge in [0.05, 0.1) is 25.0 Å². The van der Waals surface area contributed by atoms with Crippen LogP contribution in [0.1, 0.15) is 16.8 Å². The molecule has 0 saturated heterocycles. The van der Waals surface area contributed by atoms with E-state index in [4.69, 9.17) is 4.74 Å². The summed E-state index contributed by atoms with van der Waals surface area (Å²) in [4.78, 5) is 17.9. The highest BCUT2D eigenvalue weighted by atomic mass is 16.5. The second-order valence-corrected chi connectivity index (χ2v) is 7.81. The second-order valence-electron chi connectivity index (χ2n) is 7.81. The van der Waals surface area contributed by atoms with E-state index in [2.05, 4.69) is 10.1 Å². The van der Waals surface area contributed by atoms with E-state index in [1.165, 1.54) is 6.33 Å². The number of nitrogens with zero attached hydrogens (tertiary/aromatic N) is 5. The van der Waals surface area contributed by atoms with Crippen LogP contribution in [-0.2, 0) is 6.54 Å². The lowest BCUT2D eigenvalue weighted by Crippen LogP contribution is -2.24. The number of hydrogen-bond acceptors (Lipinski definition) is 4. The van der Waals surface area contributed by atoms with Crippen molar-refractivity contribution in [2.24, 2.45) is 0 Å². The molecular weight excluding hydrogens is 402 g/mol.